The summed E-state index contributed by atoms with van der Waals surface area (Å²) in [6.45, 7) is 8.66. The Kier molecular flexibility index (Phi) is 7.22. The van der Waals surface area contributed by atoms with Crippen molar-refractivity contribution in [1.82, 2.24) is 9.78 Å². The van der Waals surface area contributed by atoms with E-state index in [1.807, 2.05) is 20.1 Å². The van der Waals surface area contributed by atoms with E-state index in [4.69, 9.17) is 0 Å². The van der Waals surface area contributed by atoms with Gasteiger partial charge in [-0.15, -0.1) is 0 Å². The summed E-state index contributed by atoms with van der Waals surface area (Å²) in [7, 11) is 1.73. The Morgan fingerprint density at radius 3 is 2.87 bits per heavy atom. The Labute approximate surface area is 141 Å². The number of amides is 1. The van der Waals surface area contributed by atoms with Crippen molar-refractivity contribution >= 4 is 35.8 Å². The number of nitrogens with zero attached hydrogens (tertiary/aromatic N) is 4. The van der Waals surface area contributed by atoms with Crippen molar-refractivity contribution in [2.75, 3.05) is 24.0 Å². The van der Waals surface area contributed by atoms with Crippen molar-refractivity contribution < 1.29 is 9.18 Å². The van der Waals surface area contributed by atoms with Crippen LogP contribution in [-0.4, -0.2) is 41.5 Å². The van der Waals surface area contributed by atoms with Gasteiger partial charge in [-0.25, -0.2) is 9.07 Å². The number of aliphatic imine (C=N–C) groups is 1. The maximum absolute atomic E-state index is 13.5. The van der Waals surface area contributed by atoms with E-state index in [2.05, 4.69) is 16.8 Å². The number of hydrogen-bond acceptors (Lipinski definition) is 4. The smallest absolute Gasteiger partial charge is 0.230 e. The summed E-state index contributed by atoms with van der Waals surface area (Å²) in [5.41, 5.74) is 1.99. The molecule has 0 aliphatic heterocycles. The molecular formula is C16H23FN4OS. The third-order valence-corrected chi connectivity index (χ3v) is 4.16. The molecule has 0 radical (unpaired) electrons. The summed E-state index contributed by atoms with van der Waals surface area (Å²) in [5, 5.41) is 4.34. The molecule has 0 fully saturated rings. The third-order valence-electron chi connectivity index (χ3n) is 3.33. The van der Waals surface area contributed by atoms with Crippen LogP contribution < -0.4 is 4.90 Å². The molecule has 5 nitrogen and oxygen atoms in total. The largest absolute Gasteiger partial charge is 0.312 e. The van der Waals surface area contributed by atoms with Crippen LogP contribution in [0.3, 0.4) is 0 Å². The molecule has 126 valence electrons. The van der Waals surface area contributed by atoms with E-state index < -0.39 is 5.83 Å². The van der Waals surface area contributed by atoms with E-state index in [0.29, 0.717) is 17.1 Å². The van der Waals surface area contributed by atoms with Crippen LogP contribution in [0.25, 0.3) is 5.70 Å². The van der Waals surface area contributed by atoms with Crippen LogP contribution in [0.2, 0.25) is 0 Å². The van der Waals surface area contributed by atoms with Gasteiger partial charge in [-0.2, -0.15) is 16.9 Å². The molecule has 0 aromatic carbocycles. The zero-order chi connectivity index (χ0) is 17.6. The molecule has 1 atom stereocenters. The van der Waals surface area contributed by atoms with E-state index in [9.17, 15) is 9.18 Å². The molecule has 0 N–H and O–H groups in total. The summed E-state index contributed by atoms with van der Waals surface area (Å²) in [4.78, 5) is 17.4. The second-order valence-corrected chi connectivity index (χ2v) is 6.19. The van der Waals surface area contributed by atoms with Crippen LogP contribution in [0.1, 0.15) is 19.5 Å². The average molecular weight is 338 g/mol. The van der Waals surface area contributed by atoms with Crippen molar-refractivity contribution in [3.8, 4) is 0 Å². The average Bonchev–Trinajstić information content (AvgIpc) is 2.88. The highest BCUT2D eigenvalue weighted by Gasteiger charge is 2.21. The molecular weight excluding hydrogens is 315 g/mol. The number of aryl methyl sites for hydroxylation is 1. The lowest BCUT2D eigenvalue weighted by molar-refractivity contribution is -0.120. The molecule has 1 rings (SSSR count). The van der Waals surface area contributed by atoms with Gasteiger partial charge < -0.3 is 4.90 Å². The summed E-state index contributed by atoms with van der Waals surface area (Å²) in [6.07, 6.45) is 6.03. The number of carbonyl (C=O) groups excluding carboxylic acids is 1. The summed E-state index contributed by atoms with van der Waals surface area (Å²) in [5.74, 6) is 0.212. The van der Waals surface area contributed by atoms with E-state index in [0.717, 1.165) is 12.0 Å². The number of aromatic nitrogens is 2. The van der Waals surface area contributed by atoms with E-state index >= 15 is 0 Å². The highest BCUT2D eigenvalue weighted by atomic mass is 32.2. The van der Waals surface area contributed by atoms with Crippen molar-refractivity contribution in [1.29, 1.82) is 0 Å². The van der Waals surface area contributed by atoms with Gasteiger partial charge >= 0.3 is 0 Å². The molecule has 0 aliphatic carbocycles. The number of allylic oxidation sites excluding steroid dienone is 3. The standard InChI is InChI=1S/C16H23FN4OS/c1-11(10-23-6)16(22)20(5)15-9-21(19-13(15)3)12(2)7-14(17)8-18-4/h7-9,11H,4,10H2,1-3,5-6H3/b12-7+,14-8+. The van der Waals surface area contributed by atoms with Gasteiger partial charge in [0, 0.05) is 24.4 Å². The van der Waals surface area contributed by atoms with Crippen molar-refractivity contribution in [3.63, 3.8) is 0 Å². The van der Waals surface area contributed by atoms with Crippen LogP contribution in [-0.2, 0) is 4.79 Å². The number of anilines is 1. The number of rotatable bonds is 7. The van der Waals surface area contributed by atoms with Crippen LogP contribution in [0.5, 0.6) is 0 Å². The molecule has 7 heteroatoms. The van der Waals surface area contributed by atoms with Crippen molar-refractivity contribution in [2.45, 2.75) is 20.8 Å². The maximum atomic E-state index is 13.5. The maximum Gasteiger partial charge on any atom is 0.230 e. The molecule has 0 aliphatic rings. The summed E-state index contributed by atoms with van der Waals surface area (Å²) in [6, 6.07) is 0. The van der Waals surface area contributed by atoms with Gasteiger partial charge in [-0.1, -0.05) is 6.92 Å². The predicted octanol–water partition coefficient (Wildman–Crippen LogP) is 3.53. The SMILES string of the molecule is C=N/C=C(F)\C=C(/C)n1cc(N(C)C(=O)C(C)CSC)c(C)n1. The van der Waals surface area contributed by atoms with Gasteiger partial charge in [0.1, 0.15) is 5.83 Å². The predicted molar refractivity (Wildman–Crippen MR) is 96.6 cm³/mol. The zero-order valence-electron chi connectivity index (χ0n) is 14.2. The second-order valence-electron chi connectivity index (χ2n) is 5.28. The minimum Gasteiger partial charge on any atom is -0.312 e. The third kappa shape index (κ3) is 5.06. The van der Waals surface area contributed by atoms with E-state index in [-0.39, 0.29) is 11.8 Å². The zero-order valence-corrected chi connectivity index (χ0v) is 15.0. The number of carbonyl (C=O) groups is 1. The Morgan fingerprint density at radius 2 is 2.30 bits per heavy atom. The fraction of sp³-hybridized carbons (Fsp3) is 0.438. The Morgan fingerprint density at radius 1 is 1.65 bits per heavy atom. The number of thioether (sulfide) groups is 1. The first-order valence-corrected chi connectivity index (χ1v) is 8.54. The number of hydrogen-bond donors (Lipinski definition) is 0. The Bertz CT molecular complexity index is 636. The molecule has 1 amide bonds. The lowest BCUT2D eigenvalue weighted by Gasteiger charge is -2.20. The van der Waals surface area contributed by atoms with Gasteiger partial charge in [-0.3, -0.25) is 9.79 Å². The minimum absolute atomic E-state index is 0.0329. The highest BCUT2D eigenvalue weighted by Crippen LogP contribution is 2.22. The van der Waals surface area contributed by atoms with E-state index in [1.165, 1.54) is 6.08 Å². The molecule has 1 aromatic heterocycles. The van der Waals surface area contributed by atoms with Gasteiger partial charge in [0.15, 0.2) is 0 Å². The van der Waals surface area contributed by atoms with Crippen LogP contribution in [0.4, 0.5) is 10.1 Å². The summed E-state index contributed by atoms with van der Waals surface area (Å²) >= 11 is 1.64. The molecule has 0 saturated heterocycles. The summed E-state index contributed by atoms with van der Waals surface area (Å²) < 4.78 is 15.0. The lowest BCUT2D eigenvalue weighted by atomic mass is 10.2. The van der Waals surface area contributed by atoms with Crippen LogP contribution >= 0.6 is 11.8 Å². The first-order chi connectivity index (χ1) is 10.8. The lowest BCUT2D eigenvalue weighted by Crippen LogP contribution is -2.32. The Hall–Kier alpha value is -1.89. The van der Waals surface area contributed by atoms with Gasteiger partial charge in [0.25, 0.3) is 0 Å². The molecule has 1 aromatic rings. The fourth-order valence-electron chi connectivity index (χ4n) is 2.12. The fourth-order valence-corrected chi connectivity index (χ4v) is 2.76. The van der Waals surface area contributed by atoms with Crippen molar-refractivity contribution in [2.24, 2.45) is 10.9 Å². The van der Waals surface area contributed by atoms with Gasteiger partial charge in [-0.05, 0) is 32.9 Å². The molecule has 0 saturated carbocycles. The highest BCUT2D eigenvalue weighted by molar-refractivity contribution is 7.98. The number of halogens is 1. The topological polar surface area (TPSA) is 50.5 Å². The van der Waals surface area contributed by atoms with Crippen molar-refractivity contribution in [3.05, 3.63) is 30.0 Å². The van der Waals surface area contributed by atoms with Gasteiger partial charge in [0.05, 0.1) is 23.8 Å². The second kappa shape index (κ2) is 8.67. The van der Waals surface area contributed by atoms with E-state index in [1.54, 1.807) is 41.5 Å². The molecule has 0 bridgehead atoms. The van der Waals surface area contributed by atoms with Crippen LogP contribution in [0, 0.1) is 12.8 Å². The van der Waals surface area contributed by atoms with Crippen LogP contribution in [0.15, 0.2) is 29.3 Å². The molecule has 0 spiro atoms. The quantitative estimate of drug-likeness (QED) is 0.564. The Balaban J connectivity index is 3.04. The first-order valence-electron chi connectivity index (χ1n) is 7.14. The first kappa shape index (κ1) is 19.2. The van der Waals surface area contributed by atoms with Gasteiger partial charge in [0.2, 0.25) is 5.91 Å². The molecule has 1 unspecified atom stereocenters. The monoisotopic (exact) mass is 338 g/mol. The molecule has 1 heterocycles. The normalized spacial score (nSPS) is 13.8. The minimum atomic E-state index is -0.509. The molecule has 23 heavy (non-hydrogen) atoms.